The van der Waals surface area contributed by atoms with Crippen LogP contribution in [0.5, 0.6) is 0 Å². The van der Waals surface area contributed by atoms with E-state index in [0.29, 0.717) is 13.0 Å². The molecule has 0 spiro atoms. The summed E-state index contributed by atoms with van der Waals surface area (Å²) < 4.78 is 4.72. The predicted octanol–water partition coefficient (Wildman–Crippen LogP) is 2.19. The Balaban J connectivity index is 3.81. The summed E-state index contributed by atoms with van der Waals surface area (Å²) in [6.07, 6.45) is 4.70. The van der Waals surface area contributed by atoms with E-state index in [-0.39, 0.29) is 5.71 Å². The second kappa shape index (κ2) is 8.45. The zero-order valence-corrected chi connectivity index (χ0v) is 8.95. The van der Waals surface area contributed by atoms with Gasteiger partial charge in [0.05, 0.1) is 13.0 Å². The molecule has 0 bridgehead atoms. The lowest BCUT2D eigenvalue weighted by Crippen LogP contribution is -2.18. The summed E-state index contributed by atoms with van der Waals surface area (Å²) in [5.74, 6) is -0.508. The Labute approximate surface area is 84.9 Å². The highest BCUT2D eigenvalue weighted by Gasteiger charge is 2.20. The number of carbonyl (C=O) groups excluding carboxylic acids is 1. The molecule has 0 aliphatic carbocycles. The minimum atomic E-state index is -0.508. The smallest absolute Gasteiger partial charge is 0.416 e. The van der Waals surface area contributed by atoms with Crippen molar-refractivity contribution in [2.24, 2.45) is 0 Å². The zero-order chi connectivity index (χ0) is 10.8. The number of hydrogen-bond donors (Lipinski definition) is 0. The first-order valence-electron chi connectivity index (χ1n) is 5.14. The molecule has 0 fully saturated rings. The first-order chi connectivity index (χ1) is 6.76. The van der Waals surface area contributed by atoms with Crippen LogP contribution in [0, 0.1) is 0 Å². The molecular weight excluding hydrogens is 180 g/mol. The van der Waals surface area contributed by atoms with Crippen LogP contribution in [0.15, 0.2) is 0 Å². The fourth-order valence-corrected chi connectivity index (χ4v) is 1.13. The van der Waals surface area contributed by atoms with Crippen LogP contribution < -0.4 is 0 Å². The van der Waals surface area contributed by atoms with Gasteiger partial charge in [-0.3, -0.25) is 0 Å². The second-order valence-corrected chi connectivity index (χ2v) is 3.08. The fourth-order valence-electron chi connectivity index (χ4n) is 1.13. The SMILES string of the molecule is CCCCCCC(=[N+]=[N-])C(=O)OCC. The van der Waals surface area contributed by atoms with Gasteiger partial charge in [0.15, 0.2) is 0 Å². The highest BCUT2D eigenvalue weighted by molar-refractivity contribution is 6.33. The molecule has 0 saturated carbocycles. The number of esters is 1. The third-order valence-electron chi connectivity index (χ3n) is 1.90. The molecule has 4 nitrogen and oxygen atoms in total. The van der Waals surface area contributed by atoms with Crippen LogP contribution in [0.3, 0.4) is 0 Å². The van der Waals surface area contributed by atoms with Gasteiger partial charge in [-0.25, -0.2) is 4.79 Å². The summed E-state index contributed by atoms with van der Waals surface area (Å²) in [5, 5.41) is 0. The van der Waals surface area contributed by atoms with E-state index in [9.17, 15) is 4.79 Å². The third-order valence-corrected chi connectivity index (χ3v) is 1.90. The quantitative estimate of drug-likeness (QED) is 0.207. The molecule has 0 aromatic carbocycles. The summed E-state index contributed by atoms with van der Waals surface area (Å²) in [6.45, 7) is 4.16. The third kappa shape index (κ3) is 5.49. The van der Waals surface area contributed by atoms with Crippen LogP contribution in [0.25, 0.3) is 5.53 Å². The summed E-state index contributed by atoms with van der Waals surface area (Å²) in [6, 6.07) is 0. The zero-order valence-electron chi connectivity index (χ0n) is 8.95. The monoisotopic (exact) mass is 198 g/mol. The van der Waals surface area contributed by atoms with Crippen molar-refractivity contribution in [1.29, 1.82) is 0 Å². The summed E-state index contributed by atoms with van der Waals surface area (Å²) >= 11 is 0. The molecule has 0 N–H and O–H groups in total. The maximum atomic E-state index is 11.1. The van der Waals surface area contributed by atoms with Crippen molar-refractivity contribution >= 4 is 11.7 Å². The van der Waals surface area contributed by atoms with Gasteiger partial charge in [0, 0.05) is 0 Å². The average Bonchev–Trinajstić information content (AvgIpc) is 2.18. The highest BCUT2D eigenvalue weighted by Crippen LogP contribution is 2.03. The topological polar surface area (TPSA) is 62.7 Å². The van der Waals surface area contributed by atoms with Crippen molar-refractivity contribution in [2.45, 2.75) is 46.0 Å². The van der Waals surface area contributed by atoms with Gasteiger partial charge in [0.1, 0.15) is 0 Å². The first kappa shape index (κ1) is 12.8. The highest BCUT2D eigenvalue weighted by atomic mass is 16.5. The lowest BCUT2D eigenvalue weighted by atomic mass is 10.1. The number of ether oxygens (including phenoxy) is 1. The molecule has 0 aromatic rings. The normalized spacial score (nSPS) is 9.29. The van der Waals surface area contributed by atoms with Crippen LogP contribution in [0.4, 0.5) is 0 Å². The van der Waals surface area contributed by atoms with Gasteiger partial charge in [-0.05, 0) is 13.3 Å². The Bertz CT molecular complexity index is 220. The lowest BCUT2D eigenvalue weighted by molar-refractivity contribution is -0.140. The number of rotatable bonds is 7. The molecule has 0 aliphatic heterocycles. The van der Waals surface area contributed by atoms with E-state index < -0.39 is 5.97 Å². The van der Waals surface area contributed by atoms with E-state index in [4.69, 9.17) is 10.3 Å². The average molecular weight is 198 g/mol. The molecule has 0 aromatic heterocycles. The van der Waals surface area contributed by atoms with Crippen molar-refractivity contribution in [3.8, 4) is 0 Å². The van der Waals surface area contributed by atoms with Crippen molar-refractivity contribution in [2.75, 3.05) is 6.61 Å². The Morgan fingerprint density at radius 1 is 1.29 bits per heavy atom. The molecule has 0 atom stereocenters. The van der Waals surface area contributed by atoms with Gasteiger partial charge in [0.2, 0.25) is 0 Å². The molecule has 0 heterocycles. The van der Waals surface area contributed by atoms with E-state index in [1.165, 1.54) is 0 Å². The molecular formula is C10H18N2O2. The van der Waals surface area contributed by atoms with Gasteiger partial charge >= 0.3 is 11.7 Å². The van der Waals surface area contributed by atoms with E-state index in [1.807, 2.05) is 0 Å². The van der Waals surface area contributed by atoms with Crippen molar-refractivity contribution in [3.05, 3.63) is 5.53 Å². The summed E-state index contributed by atoms with van der Waals surface area (Å²) in [4.78, 5) is 14.1. The molecule has 0 saturated heterocycles. The van der Waals surface area contributed by atoms with Crippen LogP contribution >= 0.6 is 0 Å². The molecule has 0 unspecified atom stereocenters. The molecule has 80 valence electrons. The molecule has 14 heavy (non-hydrogen) atoms. The van der Waals surface area contributed by atoms with E-state index in [1.54, 1.807) is 6.92 Å². The van der Waals surface area contributed by atoms with Crippen molar-refractivity contribution in [1.82, 2.24) is 0 Å². The Morgan fingerprint density at radius 2 is 2.00 bits per heavy atom. The second-order valence-electron chi connectivity index (χ2n) is 3.08. The molecule has 0 amide bonds. The van der Waals surface area contributed by atoms with Crippen LogP contribution in [0.1, 0.15) is 46.0 Å². The lowest BCUT2D eigenvalue weighted by Gasteiger charge is -1.97. The maximum Gasteiger partial charge on any atom is 0.416 e. The standard InChI is InChI=1S/C10H18N2O2/c1-3-5-6-7-8-9(12-11)10(13)14-4-2/h3-8H2,1-2H3. The molecule has 0 rings (SSSR count). The van der Waals surface area contributed by atoms with Crippen LogP contribution in [-0.4, -0.2) is 23.1 Å². The molecule has 4 heteroatoms. The minimum Gasteiger partial charge on any atom is -0.457 e. The Hall–Kier alpha value is -1.15. The molecule has 0 aliphatic rings. The van der Waals surface area contributed by atoms with E-state index in [2.05, 4.69) is 11.7 Å². The van der Waals surface area contributed by atoms with Gasteiger partial charge < -0.3 is 10.3 Å². The van der Waals surface area contributed by atoms with Crippen LogP contribution in [-0.2, 0) is 9.53 Å². The minimum absolute atomic E-state index is 0.128. The molecule has 0 radical (unpaired) electrons. The van der Waals surface area contributed by atoms with Gasteiger partial charge in [-0.15, -0.1) is 0 Å². The Kier molecular flexibility index (Phi) is 7.75. The summed E-state index contributed by atoms with van der Waals surface area (Å²) in [5.41, 5.74) is 8.69. The number of hydrogen-bond acceptors (Lipinski definition) is 2. The maximum absolute atomic E-state index is 11.1. The largest absolute Gasteiger partial charge is 0.457 e. The van der Waals surface area contributed by atoms with Gasteiger partial charge in [-0.2, -0.15) is 4.79 Å². The first-order valence-corrected chi connectivity index (χ1v) is 5.14. The number of carbonyl (C=O) groups is 1. The van der Waals surface area contributed by atoms with E-state index in [0.717, 1.165) is 25.7 Å². The van der Waals surface area contributed by atoms with Gasteiger partial charge in [-0.1, -0.05) is 26.2 Å². The van der Waals surface area contributed by atoms with Crippen LogP contribution in [0.2, 0.25) is 0 Å². The van der Waals surface area contributed by atoms with Crippen molar-refractivity contribution < 1.29 is 14.3 Å². The summed E-state index contributed by atoms with van der Waals surface area (Å²) in [7, 11) is 0. The van der Waals surface area contributed by atoms with Crippen molar-refractivity contribution in [3.63, 3.8) is 0 Å². The van der Waals surface area contributed by atoms with Gasteiger partial charge in [0.25, 0.3) is 0 Å². The number of unbranched alkanes of at least 4 members (excludes halogenated alkanes) is 3. The van der Waals surface area contributed by atoms with E-state index >= 15 is 0 Å². The fraction of sp³-hybridized carbons (Fsp3) is 0.800. The predicted molar refractivity (Wildman–Crippen MR) is 54.0 cm³/mol. The Morgan fingerprint density at radius 3 is 2.50 bits per heavy atom. The number of nitrogens with zero attached hydrogens (tertiary/aromatic N) is 2.